The third-order valence-corrected chi connectivity index (χ3v) is 1.88. The van der Waals surface area contributed by atoms with E-state index in [-0.39, 0.29) is 5.71 Å². The summed E-state index contributed by atoms with van der Waals surface area (Å²) in [5.41, 5.74) is 1.35. The van der Waals surface area contributed by atoms with E-state index in [9.17, 15) is 4.79 Å². The van der Waals surface area contributed by atoms with Gasteiger partial charge in [0, 0.05) is 5.56 Å². The highest BCUT2D eigenvalue weighted by atomic mass is 16.5. The average molecular weight is 193 g/mol. The van der Waals surface area contributed by atoms with Crippen molar-refractivity contribution in [1.29, 1.82) is 0 Å². The van der Waals surface area contributed by atoms with Gasteiger partial charge in [-0.25, -0.2) is 4.79 Å². The summed E-state index contributed by atoms with van der Waals surface area (Å²) in [6.07, 6.45) is 0. The van der Waals surface area contributed by atoms with E-state index in [2.05, 4.69) is 9.89 Å². The Bertz CT molecular complexity index is 371. The summed E-state index contributed by atoms with van der Waals surface area (Å²) in [6, 6.07) is 7.12. The van der Waals surface area contributed by atoms with Gasteiger partial charge in [-0.15, -0.1) is 0 Å². The van der Waals surface area contributed by atoms with Gasteiger partial charge < -0.3 is 9.94 Å². The standard InChI is InChI=1S/C10H11NO3/c1-7-5-3-4-6-8(7)9(11-13)10(12)14-2/h3-6,13H,1-2H3/b11-9-. The molecule has 1 aromatic carbocycles. The number of ether oxygens (including phenoxy) is 1. The zero-order valence-corrected chi connectivity index (χ0v) is 8.02. The van der Waals surface area contributed by atoms with E-state index in [1.165, 1.54) is 7.11 Å². The number of nitrogens with zero attached hydrogens (tertiary/aromatic N) is 1. The smallest absolute Gasteiger partial charge is 0.360 e. The van der Waals surface area contributed by atoms with Crippen molar-refractivity contribution < 1.29 is 14.7 Å². The van der Waals surface area contributed by atoms with Crippen LogP contribution in [0.2, 0.25) is 0 Å². The molecule has 1 N–H and O–H groups in total. The number of carbonyl (C=O) groups excluding carboxylic acids is 1. The molecule has 0 heterocycles. The number of esters is 1. The van der Waals surface area contributed by atoms with Crippen molar-refractivity contribution in [3.8, 4) is 0 Å². The lowest BCUT2D eigenvalue weighted by Crippen LogP contribution is -2.18. The van der Waals surface area contributed by atoms with Crippen LogP contribution in [0, 0.1) is 6.92 Å². The van der Waals surface area contributed by atoms with Crippen LogP contribution < -0.4 is 0 Å². The Labute approximate surface area is 81.8 Å². The molecule has 0 saturated carbocycles. The van der Waals surface area contributed by atoms with Crippen LogP contribution in [-0.2, 0) is 9.53 Å². The Morgan fingerprint density at radius 1 is 1.43 bits per heavy atom. The molecule has 1 rings (SSSR count). The lowest BCUT2D eigenvalue weighted by Gasteiger charge is -2.04. The minimum absolute atomic E-state index is 0.0781. The molecule has 0 bridgehead atoms. The molecule has 0 aliphatic rings. The van der Waals surface area contributed by atoms with Gasteiger partial charge in [-0.2, -0.15) is 0 Å². The van der Waals surface area contributed by atoms with Crippen LogP contribution in [-0.4, -0.2) is 24.0 Å². The summed E-state index contributed by atoms with van der Waals surface area (Å²) < 4.78 is 4.48. The maximum atomic E-state index is 11.2. The number of oxime groups is 1. The molecule has 0 saturated heterocycles. The van der Waals surface area contributed by atoms with E-state index in [0.717, 1.165) is 5.56 Å². The summed E-state index contributed by atoms with van der Waals surface area (Å²) >= 11 is 0. The normalized spacial score (nSPS) is 11.1. The molecule has 4 nitrogen and oxygen atoms in total. The van der Waals surface area contributed by atoms with Crippen LogP contribution in [0.4, 0.5) is 0 Å². The minimum Gasteiger partial charge on any atom is -0.464 e. The quantitative estimate of drug-likeness (QED) is 0.334. The van der Waals surface area contributed by atoms with Crippen LogP contribution in [0.5, 0.6) is 0 Å². The fraction of sp³-hybridized carbons (Fsp3) is 0.200. The summed E-state index contributed by atoms with van der Waals surface area (Å²) in [4.78, 5) is 11.2. The SMILES string of the molecule is COC(=O)/C(=N\O)c1ccccc1C. The van der Waals surface area contributed by atoms with Gasteiger partial charge in [-0.1, -0.05) is 29.4 Å². The summed E-state index contributed by atoms with van der Waals surface area (Å²) in [5.74, 6) is -0.651. The van der Waals surface area contributed by atoms with E-state index in [0.29, 0.717) is 5.56 Å². The summed E-state index contributed by atoms with van der Waals surface area (Å²) in [7, 11) is 1.24. The molecule has 74 valence electrons. The van der Waals surface area contributed by atoms with Gasteiger partial charge in [0.1, 0.15) is 0 Å². The Kier molecular flexibility index (Phi) is 3.23. The molecule has 0 radical (unpaired) electrons. The molecule has 0 fully saturated rings. The molecule has 1 aromatic rings. The van der Waals surface area contributed by atoms with Crippen molar-refractivity contribution in [3.05, 3.63) is 35.4 Å². The molecule has 0 atom stereocenters. The molecule has 0 unspecified atom stereocenters. The number of rotatable bonds is 2. The predicted molar refractivity (Wildman–Crippen MR) is 51.5 cm³/mol. The number of hydrogen-bond donors (Lipinski definition) is 1. The number of aryl methyl sites for hydroxylation is 1. The molecule has 0 aliphatic carbocycles. The highest BCUT2D eigenvalue weighted by molar-refractivity contribution is 6.43. The Morgan fingerprint density at radius 3 is 2.57 bits per heavy atom. The van der Waals surface area contributed by atoms with E-state index in [1.54, 1.807) is 12.1 Å². The molecule has 0 aromatic heterocycles. The van der Waals surface area contributed by atoms with Crippen molar-refractivity contribution in [3.63, 3.8) is 0 Å². The first kappa shape index (κ1) is 10.2. The Hall–Kier alpha value is -1.84. The first-order chi connectivity index (χ1) is 6.70. The fourth-order valence-electron chi connectivity index (χ4n) is 1.14. The predicted octanol–water partition coefficient (Wildman–Crippen LogP) is 1.35. The zero-order valence-electron chi connectivity index (χ0n) is 8.02. The molecule has 14 heavy (non-hydrogen) atoms. The van der Waals surface area contributed by atoms with E-state index in [4.69, 9.17) is 5.21 Å². The highest BCUT2D eigenvalue weighted by Crippen LogP contribution is 2.09. The van der Waals surface area contributed by atoms with Gasteiger partial charge in [0.2, 0.25) is 0 Å². The largest absolute Gasteiger partial charge is 0.464 e. The maximum Gasteiger partial charge on any atom is 0.360 e. The van der Waals surface area contributed by atoms with Crippen molar-refractivity contribution >= 4 is 11.7 Å². The van der Waals surface area contributed by atoms with Gasteiger partial charge in [0.15, 0.2) is 5.71 Å². The van der Waals surface area contributed by atoms with Crippen LogP contribution in [0.15, 0.2) is 29.4 Å². The van der Waals surface area contributed by atoms with E-state index < -0.39 is 5.97 Å². The third kappa shape index (κ3) is 1.90. The first-order valence-corrected chi connectivity index (χ1v) is 4.07. The van der Waals surface area contributed by atoms with Crippen LogP contribution in [0.1, 0.15) is 11.1 Å². The monoisotopic (exact) mass is 193 g/mol. The fourth-order valence-corrected chi connectivity index (χ4v) is 1.14. The number of benzene rings is 1. The second-order valence-corrected chi connectivity index (χ2v) is 2.76. The summed E-state index contributed by atoms with van der Waals surface area (Å²) in [6.45, 7) is 1.82. The van der Waals surface area contributed by atoms with Gasteiger partial charge in [0.05, 0.1) is 7.11 Å². The van der Waals surface area contributed by atoms with Crippen molar-refractivity contribution in [2.24, 2.45) is 5.16 Å². The second-order valence-electron chi connectivity index (χ2n) is 2.76. The third-order valence-electron chi connectivity index (χ3n) is 1.88. The van der Waals surface area contributed by atoms with Crippen molar-refractivity contribution in [2.75, 3.05) is 7.11 Å². The van der Waals surface area contributed by atoms with Crippen LogP contribution in [0.25, 0.3) is 0 Å². The number of carbonyl (C=O) groups is 1. The van der Waals surface area contributed by atoms with Gasteiger partial charge in [-0.3, -0.25) is 0 Å². The average Bonchev–Trinajstić information content (AvgIpc) is 2.21. The molecule has 4 heteroatoms. The van der Waals surface area contributed by atoms with Gasteiger partial charge >= 0.3 is 5.97 Å². The maximum absolute atomic E-state index is 11.2. The highest BCUT2D eigenvalue weighted by Gasteiger charge is 2.16. The van der Waals surface area contributed by atoms with E-state index in [1.807, 2.05) is 19.1 Å². The van der Waals surface area contributed by atoms with Gasteiger partial charge in [0.25, 0.3) is 0 Å². The lowest BCUT2D eigenvalue weighted by molar-refractivity contribution is -0.132. The molecular weight excluding hydrogens is 182 g/mol. The van der Waals surface area contributed by atoms with Crippen LogP contribution in [0.3, 0.4) is 0 Å². The Morgan fingerprint density at radius 2 is 2.07 bits per heavy atom. The van der Waals surface area contributed by atoms with Crippen LogP contribution >= 0.6 is 0 Å². The number of hydrogen-bond acceptors (Lipinski definition) is 4. The van der Waals surface area contributed by atoms with Crippen molar-refractivity contribution in [2.45, 2.75) is 6.92 Å². The zero-order chi connectivity index (χ0) is 10.6. The second kappa shape index (κ2) is 4.41. The first-order valence-electron chi connectivity index (χ1n) is 4.07. The molecule has 0 aliphatic heterocycles. The van der Waals surface area contributed by atoms with Crippen molar-refractivity contribution in [1.82, 2.24) is 0 Å². The molecule has 0 spiro atoms. The summed E-state index contributed by atoms with van der Waals surface area (Å²) in [5, 5.41) is 11.6. The topological polar surface area (TPSA) is 58.9 Å². The van der Waals surface area contributed by atoms with E-state index >= 15 is 0 Å². The lowest BCUT2D eigenvalue weighted by atomic mass is 10.0. The minimum atomic E-state index is -0.651. The Balaban J connectivity index is 3.15. The number of methoxy groups -OCH3 is 1. The molecule has 0 amide bonds. The van der Waals surface area contributed by atoms with Gasteiger partial charge in [-0.05, 0) is 12.5 Å². The molecular formula is C10H11NO3.